The van der Waals surface area contributed by atoms with Crippen LogP contribution < -0.4 is 11.1 Å². The van der Waals surface area contributed by atoms with Gasteiger partial charge in [-0.1, -0.05) is 6.07 Å². The summed E-state index contributed by atoms with van der Waals surface area (Å²) in [5, 5.41) is 3.14. The average Bonchev–Trinajstić information content (AvgIpc) is 2.22. The number of nitrogens with two attached hydrogens (primary N) is 1. The minimum atomic E-state index is -0.252. The molecule has 2 rings (SSSR count). The lowest BCUT2D eigenvalue weighted by Crippen LogP contribution is -1.95. The van der Waals surface area contributed by atoms with Crippen molar-refractivity contribution in [3.63, 3.8) is 0 Å². The van der Waals surface area contributed by atoms with E-state index in [1.165, 1.54) is 12.1 Å². The topological polar surface area (TPSA) is 38.0 Å². The maximum absolute atomic E-state index is 13.0. The van der Waals surface area contributed by atoms with Crippen LogP contribution in [0.5, 0.6) is 0 Å². The Morgan fingerprint density at radius 3 is 2.62 bits per heavy atom. The molecule has 0 amide bonds. The minimum Gasteiger partial charge on any atom is -0.399 e. The molecule has 0 saturated carbocycles. The summed E-state index contributed by atoms with van der Waals surface area (Å²) in [5.74, 6) is -0.252. The second-order valence-corrected chi connectivity index (χ2v) is 3.71. The SMILES string of the molecule is Cc1cc(N)ccc1Nc1cccc(F)c1. The van der Waals surface area contributed by atoms with Crippen molar-refractivity contribution < 1.29 is 4.39 Å². The Kier molecular flexibility index (Phi) is 2.77. The standard InChI is InChI=1S/C13H13FN2/c1-9-7-11(15)5-6-13(9)16-12-4-2-3-10(14)8-12/h2-8,16H,15H2,1H3. The van der Waals surface area contributed by atoms with Gasteiger partial charge >= 0.3 is 0 Å². The molecule has 0 bridgehead atoms. The number of halogens is 1. The molecule has 0 spiro atoms. The molecular weight excluding hydrogens is 203 g/mol. The van der Waals surface area contributed by atoms with Crippen molar-refractivity contribution in [3.8, 4) is 0 Å². The summed E-state index contributed by atoms with van der Waals surface area (Å²) in [6, 6.07) is 11.9. The van der Waals surface area contributed by atoms with Crippen LogP contribution in [0, 0.1) is 12.7 Å². The fraction of sp³-hybridized carbons (Fsp3) is 0.0769. The number of nitrogen functional groups attached to an aromatic ring is 1. The zero-order valence-electron chi connectivity index (χ0n) is 9.00. The third-order valence-electron chi connectivity index (χ3n) is 2.35. The van der Waals surface area contributed by atoms with Crippen LogP contribution >= 0.6 is 0 Å². The Bertz CT molecular complexity index is 509. The van der Waals surface area contributed by atoms with E-state index in [4.69, 9.17) is 5.73 Å². The first-order chi connectivity index (χ1) is 7.65. The molecule has 0 heterocycles. The molecule has 16 heavy (non-hydrogen) atoms. The molecule has 3 N–H and O–H groups in total. The van der Waals surface area contributed by atoms with E-state index in [0.717, 1.165) is 22.6 Å². The number of nitrogens with one attached hydrogen (secondary N) is 1. The zero-order chi connectivity index (χ0) is 11.5. The van der Waals surface area contributed by atoms with Crippen LogP contribution in [0.3, 0.4) is 0 Å². The molecule has 0 unspecified atom stereocenters. The van der Waals surface area contributed by atoms with Crippen molar-refractivity contribution in [2.24, 2.45) is 0 Å². The highest BCUT2D eigenvalue weighted by Crippen LogP contribution is 2.22. The third kappa shape index (κ3) is 2.31. The molecule has 0 radical (unpaired) electrons. The van der Waals surface area contributed by atoms with E-state index < -0.39 is 0 Å². The van der Waals surface area contributed by atoms with Crippen molar-refractivity contribution in [2.45, 2.75) is 6.92 Å². The van der Waals surface area contributed by atoms with Gasteiger partial charge in [0.1, 0.15) is 5.82 Å². The van der Waals surface area contributed by atoms with Crippen molar-refractivity contribution >= 4 is 17.1 Å². The number of benzene rings is 2. The van der Waals surface area contributed by atoms with Gasteiger partial charge in [-0.05, 0) is 48.9 Å². The van der Waals surface area contributed by atoms with Crippen LogP contribution in [0.2, 0.25) is 0 Å². The molecule has 0 aliphatic heterocycles. The summed E-state index contributed by atoms with van der Waals surface area (Å²) in [5.41, 5.74) is 9.07. The Hall–Kier alpha value is -2.03. The monoisotopic (exact) mass is 216 g/mol. The smallest absolute Gasteiger partial charge is 0.125 e. The van der Waals surface area contributed by atoms with Gasteiger partial charge in [0.15, 0.2) is 0 Å². The number of hydrogen-bond acceptors (Lipinski definition) is 2. The first kappa shape index (κ1) is 10.5. The Balaban J connectivity index is 2.27. The van der Waals surface area contributed by atoms with Crippen LogP contribution in [0.25, 0.3) is 0 Å². The highest BCUT2D eigenvalue weighted by Gasteiger charge is 2.00. The van der Waals surface area contributed by atoms with E-state index >= 15 is 0 Å². The minimum absolute atomic E-state index is 0.252. The normalized spacial score (nSPS) is 10.1. The van der Waals surface area contributed by atoms with Gasteiger partial charge in [0, 0.05) is 17.1 Å². The van der Waals surface area contributed by atoms with Gasteiger partial charge in [-0.2, -0.15) is 0 Å². The fourth-order valence-corrected chi connectivity index (χ4v) is 1.55. The summed E-state index contributed by atoms with van der Waals surface area (Å²) in [7, 11) is 0. The molecular formula is C13H13FN2. The number of anilines is 3. The van der Waals surface area contributed by atoms with E-state index in [0.29, 0.717) is 0 Å². The third-order valence-corrected chi connectivity index (χ3v) is 2.35. The molecule has 0 aromatic heterocycles. The van der Waals surface area contributed by atoms with Crippen LogP contribution in [0.15, 0.2) is 42.5 Å². The summed E-state index contributed by atoms with van der Waals surface area (Å²) in [4.78, 5) is 0. The fourth-order valence-electron chi connectivity index (χ4n) is 1.55. The number of rotatable bonds is 2. The zero-order valence-corrected chi connectivity index (χ0v) is 9.00. The van der Waals surface area contributed by atoms with Gasteiger partial charge in [0.25, 0.3) is 0 Å². The highest BCUT2D eigenvalue weighted by molar-refractivity contribution is 5.65. The molecule has 82 valence electrons. The lowest BCUT2D eigenvalue weighted by molar-refractivity contribution is 0.628. The molecule has 0 aliphatic rings. The second-order valence-electron chi connectivity index (χ2n) is 3.71. The average molecular weight is 216 g/mol. The molecule has 2 aromatic carbocycles. The molecule has 0 saturated heterocycles. The largest absolute Gasteiger partial charge is 0.399 e. The predicted molar refractivity (Wildman–Crippen MR) is 65.3 cm³/mol. The molecule has 3 heteroatoms. The quantitative estimate of drug-likeness (QED) is 0.754. The molecule has 0 atom stereocenters. The first-order valence-electron chi connectivity index (χ1n) is 5.04. The summed E-state index contributed by atoms with van der Waals surface area (Å²) >= 11 is 0. The van der Waals surface area contributed by atoms with Crippen molar-refractivity contribution in [2.75, 3.05) is 11.1 Å². The van der Waals surface area contributed by atoms with E-state index in [1.54, 1.807) is 6.07 Å². The lowest BCUT2D eigenvalue weighted by atomic mass is 10.1. The lowest BCUT2D eigenvalue weighted by Gasteiger charge is -2.10. The van der Waals surface area contributed by atoms with Crippen LogP contribution in [-0.2, 0) is 0 Å². The number of hydrogen-bond donors (Lipinski definition) is 2. The van der Waals surface area contributed by atoms with E-state index in [9.17, 15) is 4.39 Å². The van der Waals surface area contributed by atoms with Gasteiger partial charge in [-0.15, -0.1) is 0 Å². The molecule has 0 fully saturated rings. The molecule has 0 aliphatic carbocycles. The van der Waals surface area contributed by atoms with Crippen LogP contribution in [-0.4, -0.2) is 0 Å². The van der Waals surface area contributed by atoms with Crippen molar-refractivity contribution in [3.05, 3.63) is 53.8 Å². The Morgan fingerprint density at radius 2 is 1.94 bits per heavy atom. The van der Waals surface area contributed by atoms with Gasteiger partial charge in [-0.3, -0.25) is 0 Å². The first-order valence-corrected chi connectivity index (χ1v) is 5.04. The van der Waals surface area contributed by atoms with Gasteiger partial charge < -0.3 is 11.1 Å². The molecule has 2 nitrogen and oxygen atoms in total. The Labute approximate surface area is 93.9 Å². The number of aryl methyl sites for hydroxylation is 1. The van der Waals surface area contributed by atoms with Gasteiger partial charge in [0.05, 0.1) is 0 Å². The maximum atomic E-state index is 13.0. The summed E-state index contributed by atoms with van der Waals surface area (Å²) in [6.45, 7) is 1.96. The predicted octanol–water partition coefficient (Wildman–Crippen LogP) is 3.46. The summed E-state index contributed by atoms with van der Waals surface area (Å²) in [6.07, 6.45) is 0. The van der Waals surface area contributed by atoms with E-state index in [1.807, 2.05) is 31.2 Å². The van der Waals surface area contributed by atoms with Gasteiger partial charge in [0.2, 0.25) is 0 Å². The van der Waals surface area contributed by atoms with E-state index in [-0.39, 0.29) is 5.82 Å². The molecule has 2 aromatic rings. The van der Waals surface area contributed by atoms with Gasteiger partial charge in [-0.25, -0.2) is 4.39 Å². The second kappa shape index (κ2) is 4.23. The van der Waals surface area contributed by atoms with E-state index in [2.05, 4.69) is 5.32 Å². The van der Waals surface area contributed by atoms with Crippen LogP contribution in [0.1, 0.15) is 5.56 Å². The van der Waals surface area contributed by atoms with Crippen LogP contribution in [0.4, 0.5) is 21.5 Å². The van der Waals surface area contributed by atoms with Crippen molar-refractivity contribution in [1.82, 2.24) is 0 Å². The Morgan fingerprint density at radius 1 is 1.12 bits per heavy atom. The maximum Gasteiger partial charge on any atom is 0.125 e. The summed E-state index contributed by atoms with van der Waals surface area (Å²) < 4.78 is 13.0. The van der Waals surface area contributed by atoms with Crippen molar-refractivity contribution in [1.29, 1.82) is 0 Å². The highest BCUT2D eigenvalue weighted by atomic mass is 19.1.